The zero-order valence-electron chi connectivity index (χ0n) is 15.8. The van der Waals surface area contributed by atoms with Crippen molar-refractivity contribution in [2.24, 2.45) is 11.6 Å². The van der Waals surface area contributed by atoms with Crippen LogP contribution < -0.4 is 11.6 Å². The van der Waals surface area contributed by atoms with Crippen molar-refractivity contribution in [3.8, 4) is 0 Å². The van der Waals surface area contributed by atoms with Gasteiger partial charge in [0.2, 0.25) is 5.78 Å². The van der Waals surface area contributed by atoms with Crippen LogP contribution in [0.2, 0.25) is 5.02 Å². The van der Waals surface area contributed by atoms with Crippen LogP contribution in [0.25, 0.3) is 0 Å². The Morgan fingerprint density at radius 3 is 2.57 bits per heavy atom. The molecule has 0 aromatic heterocycles. The van der Waals surface area contributed by atoms with Crippen molar-refractivity contribution in [2.45, 2.75) is 32.7 Å². The van der Waals surface area contributed by atoms with E-state index in [0.717, 1.165) is 30.4 Å². The maximum absolute atomic E-state index is 13.4. The summed E-state index contributed by atoms with van der Waals surface area (Å²) >= 11 is 6.16. The van der Waals surface area contributed by atoms with Gasteiger partial charge >= 0.3 is 0 Å². The predicted molar refractivity (Wildman–Crippen MR) is 110 cm³/mol. The second kappa shape index (κ2) is 8.17. The SMILES string of the molecule is C=C/C=C1/C(=O)C(N)=C(N(N)Cc2ccc(F)cc2Cl)C(=C2CCC2)/C1=C/C. The lowest BCUT2D eigenvalue weighted by Gasteiger charge is -2.35. The van der Waals surface area contributed by atoms with Crippen LogP contribution >= 0.6 is 11.6 Å². The van der Waals surface area contributed by atoms with E-state index >= 15 is 0 Å². The first-order valence-electron chi connectivity index (χ1n) is 9.11. The minimum atomic E-state index is -0.420. The summed E-state index contributed by atoms with van der Waals surface area (Å²) in [5.41, 5.74) is 10.9. The van der Waals surface area contributed by atoms with Crippen LogP contribution in [0.15, 0.2) is 76.7 Å². The molecule has 2 aliphatic carbocycles. The number of benzene rings is 1. The first kappa shape index (κ1) is 20.1. The minimum absolute atomic E-state index is 0.0915. The first-order chi connectivity index (χ1) is 13.4. The topological polar surface area (TPSA) is 72.4 Å². The third-order valence-corrected chi connectivity index (χ3v) is 5.42. The van der Waals surface area contributed by atoms with Crippen molar-refractivity contribution in [2.75, 3.05) is 0 Å². The van der Waals surface area contributed by atoms with Crippen LogP contribution in [0.3, 0.4) is 0 Å². The minimum Gasteiger partial charge on any atom is -0.394 e. The molecule has 28 heavy (non-hydrogen) atoms. The summed E-state index contributed by atoms with van der Waals surface area (Å²) in [5.74, 6) is 5.67. The average Bonchev–Trinajstić information content (AvgIpc) is 2.61. The fraction of sp³-hybridized carbons (Fsp3) is 0.227. The maximum atomic E-state index is 13.4. The van der Waals surface area contributed by atoms with Gasteiger partial charge in [0.15, 0.2) is 0 Å². The molecule has 1 fully saturated rings. The molecule has 0 saturated heterocycles. The lowest BCUT2D eigenvalue weighted by molar-refractivity contribution is -0.112. The molecule has 0 aliphatic heterocycles. The van der Waals surface area contributed by atoms with Gasteiger partial charge in [0.25, 0.3) is 0 Å². The summed E-state index contributed by atoms with van der Waals surface area (Å²) < 4.78 is 13.4. The van der Waals surface area contributed by atoms with Crippen molar-refractivity contribution in [3.63, 3.8) is 0 Å². The summed E-state index contributed by atoms with van der Waals surface area (Å²) in [4.78, 5) is 12.9. The van der Waals surface area contributed by atoms with Crippen LogP contribution in [0.1, 0.15) is 31.7 Å². The summed E-state index contributed by atoms with van der Waals surface area (Å²) in [7, 11) is 0. The van der Waals surface area contributed by atoms with Gasteiger partial charge in [-0.05, 0) is 49.5 Å². The molecule has 2 aliphatic rings. The lowest BCUT2D eigenvalue weighted by atomic mass is 9.76. The standard InChI is InChI=1S/C22H23ClFN3O/c1-3-6-17-16(4-2)19(13-7-5-8-13)21(20(25)22(17)28)27(26)12-14-9-10-15(24)11-18(14)23/h3-4,6,9-11H,1,5,7-8,12,25-26H2,2H3/b16-4+,17-6+. The van der Waals surface area contributed by atoms with E-state index in [4.69, 9.17) is 23.2 Å². The van der Waals surface area contributed by atoms with Crippen molar-refractivity contribution < 1.29 is 9.18 Å². The van der Waals surface area contributed by atoms with Crippen molar-refractivity contribution in [1.29, 1.82) is 0 Å². The normalized spacial score (nSPS) is 20.1. The van der Waals surface area contributed by atoms with Crippen molar-refractivity contribution >= 4 is 17.4 Å². The highest BCUT2D eigenvalue weighted by molar-refractivity contribution is 6.31. The van der Waals surface area contributed by atoms with Crippen LogP contribution in [0.4, 0.5) is 4.39 Å². The molecule has 0 radical (unpaired) electrons. The molecule has 146 valence electrons. The Hall–Kier alpha value is -2.63. The number of hydrogen-bond acceptors (Lipinski definition) is 4. The van der Waals surface area contributed by atoms with Gasteiger partial charge in [-0.2, -0.15) is 0 Å². The molecule has 4 N–H and O–H groups in total. The number of ketones is 1. The van der Waals surface area contributed by atoms with Crippen LogP contribution in [-0.4, -0.2) is 10.8 Å². The Morgan fingerprint density at radius 2 is 2.04 bits per heavy atom. The quantitative estimate of drug-likeness (QED) is 0.445. The molecule has 1 aromatic carbocycles. The van der Waals surface area contributed by atoms with E-state index in [0.29, 0.717) is 16.8 Å². The number of Topliss-reactive ketones (excluding diaryl/α,β-unsaturated/α-hetero) is 1. The zero-order valence-corrected chi connectivity index (χ0v) is 16.5. The summed E-state index contributed by atoms with van der Waals surface area (Å²) in [6.07, 6.45) is 8.12. The molecule has 0 atom stereocenters. The van der Waals surface area contributed by atoms with Crippen molar-refractivity contribution in [1.82, 2.24) is 5.01 Å². The molecule has 0 amide bonds. The molecule has 1 saturated carbocycles. The maximum Gasteiger partial charge on any atom is 0.211 e. The third kappa shape index (κ3) is 3.55. The Kier molecular flexibility index (Phi) is 5.87. The highest BCUT2D eigenvalue weighted by Gasteiger charge is 2.35. The molecule has 4 nitrogen and oxygen atoms in total. The van der Waals surface area contributed by atoms with E-state index in [1.54, 1.807) is 18.2 Å². The Labute approximate surface area is 169 Å². The fourth-order valence-corrected chi connectivity index (χ4v) is 3.75. The van der Waals surface area contributed by atoms with Gasteiger partial charge in [0, 0.05) is 16.2 Å². The number of rotatable bonds is 4. The predicted octanol–water partition coefficient (Wildman–Crippen LogP) is 4.45. The number of carbonyl (C=O) groups is 1. The van der Waals surface area contributed by atoms with E-state index in [-0.39, 0.29) is 23.0 Å². The molecule has 0 bridgehead atoms. The third-order valence-electron chi connectivity index (χ3n) is 5.07. The zero-order chi connectivity index (χ0) is 20.4. The van der Waals surface area contributed by atoms with Crippen LogP contribution in [0, 0.1) is 5.82 Å². The smallest absolute Gasteiger partial charge is 0.211 e. The molecule has 0 spiro atoms. The van der Waals surface area contributed by atoms with Gasteiger partial charge in [-0.3, -0.25) is 4.79 Å². The largest absolute Gasteiger partial charge is 0.394 e. The Bertz CT molecular complexity index is 966. The Balaban J connectivity index is 2.11. The number of halogens is 2. The van der Waals surface area contributed by atoms with Gasteiger partial charge in [0.05, 0.1) is 12.2 Å². The number of hydrogen-bond donors (Lipinski definition) is 2. The number of nitrogens with zero attached hydrogens (tertiary/aromatic N) is 1. The monoisotopic (exact) mass is 399 g/mol. The average molecular weight is 400 g/mol. The molecule has 0 heterocycles. The molecule has 0 unspecified atom stereocenters. The van der Waals surface area contributed by atoms with E-state index in [9.17, 15) is 9.18 Å². The number of allylic oxidation sites excluding steroid dienone is 6. The van der Waals surface area contributed by atoms with Gasteiger partial charge in [-0.1, -0.05) is 48.0 Å². The Morgan fingerprint density at radius 1 is 1.32 bits per heavy atom. The van der Waals surface area contributed by atoms with Gasteiger partial charge in [0.1, 0.15) is 11.5 Å². The number of carbonyl (C=O) groups excluding carboxylic acids is 1. The fourth-order valence-electron chi connectivity index (χ4n) is 3.53. The highest BCUT2D eigenvalue weighted by Crippen LogP contribution is 2.43. The molecular formula is C22H23ClFN3O. The summed E-state index contributed by atoms with van der Waals surface area (Å²) in [6, 6.07) is 4.14. The summed E-state index contributed by atoms with van der Waals surface area (Å²) in [5, 5.41) is 1.70. The highest BCUT2D eigenvalue weighted by atomic mass is 35.5. The van der Waals surface area contributed by atoms with E-state index in [1.165, 1.54) is 22.7 Å². The number of hydrazine groups is 1. The van der Waals surface area contributed by atoms with E-state index < -0.39 is 5.82 Å². The molecular weight excluding hydrogens is 377 g/mol. The van der Waals surface area contributed by atoms with E-state index in [1.807, 2.05) is 13.0 Å². The second-order valence-electron chi connectivity index (χ2n) is 6.81. The first-order valence-corrected chi connectivity index (χ1v) is 9.49. The summed E-state index contributed by atoms with van der Waals surface area (Å²) in [6.45, 7) is 5.78. The van der Waals surface area contributed by atoms with Gasteiger partial charge in [-0.25, -0.2) is 10.2 Å². The molecule has 3 rings (SSSR count). The molecule has 6 heteroatoms. The number of nitrogens with two attached hydrogens (primary N) is 2. The van der Waals surface area contributed by atoms with Gasteiger partial charge < -0.3 is 10.7 Å². The lowest BCUT2D eigenvalue weighted by Crippen LogP contribution is -2.38. The van der Waals surface area contributed by atoms with Crippen LogP contribution in [0.5, 0.6) is 0 Å². The molecule has 1 aromatic rings. The van der Waals surface area contributed by atoms with Crippen molar-refractivity contribution in [3.05, 3.63) is 93.1 Å². The second-order valence-corrected chi connectivity index (χ2v) is 7.21. The van der Waals surface area contributed by atoms with Crippen LogP contribution in [-0.2, 0) is 11.3 Å². The van der Waals surface area contributed by atoms with Gasteiger partial charge in [-0.15, -0.1) is 0 Å². The van der Waals surface area contributed by atoms with E-state index in [2.05, 4.69) is 6.58 Å².